The standard InChI is InChI=1S/C20H26N6O2/c1-28-17-9-5-3-6-13(17)10-26-11-16-18(25-26)19(24-20(21)23-16)22-15-8-4-2-7-14(15)12-27/h3,5-6,9,11,14-15,27H,2,4,7-8,10,12H2,1H3,(H3,21,22,23,24)/t14-,15+/m0/s1. The van der Waals surface area contributed by atoms with Gasteiger partial charge in [0.2, 0.25) is 5.95 Å². The molecule has 0 saturated heterocycles. The van der Waals surface area contributed by atoms with Crippen LogP contribution in [0.5, 0.6) is 5.75 Å². The number of rotatable bonds is 6. The second-order valence-electron chi connectivity index (χ2n) is 7.28. The second kappa shape index (κ2) is 8.02. The topological polar surface area (TPSA) is 111 Å². The minimum Gasteiger partial charge on any atom is -0.496 e. The average molecular weight is 382 g/mol. The molecule has 8 nitrogen and oxygen atoms in total. The summed E-state index contributed by atoms with van der Waals surface area (Å²) in [5, 5.41) is 17.9. The highest BCUT2D eigenvalue weighted by Crippen LogP contribution is 2.29. The van der Waals surface area contributed by atoms with Crippen LogP contribution in [0.2, 0.25) is 0 Å². The Kier molecular flexibility index (Phi) is 5.29. The van der Waals surface area contributed by atoms with Crippen LogP contribution in [-0.2, 0) is 6.54 Å². The van der Waals surface area contributed by atoms with Crippen molar-refractivity contribution >= 4 is 22.8 Å². The molecule has 1 saturated carbocycles. The van der Waals surface area contributed by atoms with Gasteiger partial charge >= 0.3 is 0 Å². The quantitative estimate of drug-likeness (QED) is 0.600. The van der Waals surface area contributed by atoms with Crippen molar-refractivity contribution in [2.45, 2.75) is 38.3 Å². The third-order valence-corrected chi connectivity index (χ3v) is 5.42. The Morgan fingerprint density at radius 2 is 2.07 bits per heavy atom. The van der Waals surface area contributed by atoms with Gasteiger partial charge < -0.3 is 20.9 Å². The van der Waals surface area contributed by atoms with Crippen molar-refractivity contribution in [3.8, 4) is 5.75 Å². The molecule has 2 aromatic heterocycles. The number of nitrogens with one attached hydrogen (secondary N) is 1. The molecule has 28 heavy (non-hydrogen) atoms. The zero-order valence-corrected chi connectivity index (χ0v) is 16.0. The largest absolute Gasteiger partial charge is 0.496 e. The highest BCUT2D eigenvalue weighted by atomic mass is 16.5. The Bertz CT molecular complexity index is 957. The molecule has 8 heteroatoms. The maximum Gasteiger partial charge on any atom is 0.222 e. The number of anilines is 2. The van der Waals surface area contributed by atoms with Gasteiger partial charge in [0.25, 0.3) is 0 Å². The summed E-state index contributed by atoms with van der Waals surface area (Å²) in [5.74, 6) is 1.88. The lowest BCUT2D eigenvalue weighted by molar-refractivity contribution is 0.178. The van der Waals surface area contributed by atoms with E-state index in [0.717, 1.165) is 37.0 Å². The molecule has 1 aliphatic carbocycles. The lowest BCUT2D eigenvalue weighted by atomic mass is 9.85. The molecule has 0 aliphatic heterocycles. The third-order valence-electron chi connectivity index (χ3n) is 5.42. The Labute approximate surface area is 163 Å². The first-order chi connectivity index (χ1) is 13.7. The van der Waals surface area contributed by atoms with Crippen LogP contribution in [0.3, 0.4) is 0 Å². The highest BCUT2D eigenvalue weighted by Gasteiger charge is 2.26. The normalized spacial score (nSPS) is 19.6. The molecule has 0 bridgehead atoms. The summed E-state index contributed by atoms with van der Waals surface area (Å²) < 4.78 is 7.26. The summed E-state index contributed by atoms with van der Waals surface area (Å²) in [6, 6.07) is 8.03. The van der Waals surface area contributed by atoms with Crippen LogP contribution in [0.25, 0.3) is 11.0 Å². The SMILES string of the molecule is COc1ccccc1Cn1cc2nc(N)nc(N[C@@H]3CCCC[C@H]3CO)c2n1. The van der Waals surface area contributed by atoms with Gasteiger partial charge in [-0.2, -0.15) is 10.1 Å². The molecule has 0 spiro atoms. The molecule has 0 radical (unpaired) electrons. The predicted octanol–water partition coefficient (Wildman–Crippen LogP) is 2.43. The third kappa shape index (κ3) is 3.73. The van der Waals surface area contributed by atoms with E-state index in [1.54, 1.807) is 7.11 Å². The molecule has 1 aliphatic rings. The maximum atomic E-state index is 9.70. The minimum absolute atomic E-state index is 0.163. The Morgan fingerprint density at radius 3 is 2.89 bits per heavy atom. The van der Waals surface area contributed by atoms with Gasteiger partial charge in [-0.1, -0.05) is 31.0 Å². The van der Waals surface area contributed by atoms with Crippen molar-refractivity contribution in [3.63, 3.8) is 0 Å². The second-order valence-corrected chi connectivity index (χ2v) is 7.28. The van der Waals surface area contributed by atoms with Crippen molar-refractivity contribution in [3.05, 3.63) is 36.0 Å². The Morgan fingerprint density at radius 1 is 1.25 bits per heavy atom. The van der Waals surface area contributed by atoms with Gasteiger partial charge in [0.1, 0.15) is 11.3 Å². The van der Waals surface area contributed by atoms with Gasteiger partial charge in [0.15, 0.2) is 11.3 Å². The van der Waals surface area contributed by atoms with E-state index in [9.17, 15) is 5.11 Å². The molecule has 1 aromatic carbocycles. The lowest BCUT2D eigenvalue weighted by Crippen LogP contribution is -2.34. The van der Waals surface area contributed by atoms with Crippen molar-refractivity contribution in [2.75, 3.05) is 24.8 Å². The number of ether oxygens (including phenoxy) is 1. The molecule has 2 atom stereocenters. The number of hydrogen-bond acceptors (Lipinski definition) is 7. The monoisotopic (exact) mass is 382 g/mol. The van der Waals surface area contributed by atoms with E-state index in [-0.39, 0.29) is 24.5 Å². The number of benzene rings is 1. The molecular formula is C20H26N6O2. The fourth-order valence-corrected chi connectivity index (χ4v) is 3.96. The molecule has 4 N–H and O–H groups in total. The molecular weight excluding hydrogens is 356 g/mol. The number of para-hydroxylation sites is 1. The first-order valence-electron chi connectivity index (χ1n) is 9.68. The van der Waals surface area contributed by atoms with Gasteiger partial charge in [-0.25, -0.2) is 4.98 Å². The van der Waals surface area contributed by atoms with Gasteiger partial charge in [-0.3, -0.25) is 4.68 Å². The highest BCUT2D eigenvalue weighted by molar-refractivity contribution is 5.86. The van der Waals surface area contributed by atoms with Crippen LogP contribution < -0.4 is 15.8 Å². The summed E-state index contributed by atoms with van der Waals surface area (Å²) in [5.41, 5.74) is 8.35. The van der Waals surface area contributed by atoms with Crippen LogP contribution in [0.1, 0.15) is 31.2 Å². The van der Waals surface area contributed by atoms with Crippen LogP contribution >= 0.6 is 0 Å². The lowest BCUT2D eigenvalue weighted by Gasteiger charge is -2.31. The molecule has 4 rings (SSSR count). The predicted molar refractivity (Wildman–Crippen MR) is 108 cm³/mol. The molecule has 2 heterocycles. The molecule has 148 valence electrons. The average Bonchev–Trinajstić information content (AvgIpc) is 3.11. The molecule has 0 unspecified atom stereocenters. The van der Waals surface area contributed by atoms with Gasteiger partial charge in [-0.15, -0.1) is 0 Å². The van der Waals surface area contributed by atoms with Crippen molar-refractivity contribution < 1.29 is 9.84 Å². The Balaban J connectivity index is 1.64. The van der Waals surface area contributed by atoms with Crippen molar-refractivity contribution in [2.24, 2.45) is 5.92 Å². The number of nitrogens with two attached hydrogens (primary N) is 1. The number of nitrogens with zero attached hydrogens (tertiary/aromatic N) is 4. The first-order valence-corrected chi connectivity index (χ1v) is 9.68. The maximum absolute atomic E-state index is 9.70. The number of fused-ring (bicyclic) bond motifs is 1. The number of hydrogen-bond donors (Lipinski definition) is 3. The van der Waals surface area contributed by atoms with Gasteiger partial charge in [0.05, 0.1) is 19.9 Å². The summed E-state index contributed by atoms with van der Waals surface area (Å²) >= 11 is 0. The van der Waals surface area contributed by atoms with E-state index in [2.05, 4.69) is 15.3 Å². The number of aliphatic hydroxyl groups is 1. The number of aliphatic hydroxyl groups excluding tert-OH is 1. The number of nitrogen functional groups attached to an aromatic ring is 1. The molecule has 0 amide bonds. The minimum atomic E-state index is 0.163. The number of aromatic nitrogens is 4. The van der Waals surface area contributed by atoms with E-state index in [0.29, 0.717) is 23.4 Å². The molecule has 1 fully saturated rings. The summed E-state index contributed by atoms with van der Waals surface area (Å²) in [7, 11) is 1.66. The summed E-state index contributed by atoms with van der Waals surface area (Å²) in [6.07, 6.45) is 6.17. The van der Waals surface area contributed by atoms with Crippen LogP contribution in [-0.4, -0.2) is 44.6 Å². The van der Waals surface area contributed by atoms with E-state index >= 15 is 0 Å². The summed E-state index contributed by atoms with van der Waals surface area (Å²) in [4.78, 5) is 8.73. The van der Waals surface area contributed by atoms with E-state index in [1.165, 1.54) is 0 Å². The zero-order valence-electron chi connectivity index (χ0n) is 16.0. The number of methoxy groups -OCH3 is 1. The molecule has 3 aromatic rings. The fraction of sp³-hybridized carbons (Fsp3) is 0.450. The zero-order chi connectivity index (χ0) is 19.5. The van der Waals surface area contributed by atoms with Crippen molar-refractivity contribution in [1.29, 1.82) is 0 Å². The smallest absolute Gasteiger partial charge is 0.222 e. The van der Waals surface area contributed by atoms with Gasteiger partial charge in [-0.05, 0) is 18.9 Å². The van der Waals surface area contributed by atoms with E-state index in [1.807, 2.05) is 35.1 Å². The van der Waals surface area contributed by atoms with E-state index in [4.69, 9.17) is 15.6 Å². The van der Waals surface area contributed by atoms with Crippen LogP contribution in [0.4, 0.5) is 11.8 Å². The Hall–Kier alpha value is -2.87. The summed E-state index contributed by atoms with van der Waals surface area (Å²) in [6.45, 7) is 0.728. The van der Waals surface area contributed by atoms with Crippen LogP contribution in [0, 0.1) is 5.92 Å². The fourth-order valence-electron chi connectivity index (χ4n) is 3.96. The van der Waals surface area contributed by atoms with Crippen LogP contribution in [0.15, 0.2) is 30.5 Å². The van der Waals surface area contributed by atoms with Crippen molar-refractivity contribution in [1.82, 2.24) is 19.7 Å². The van der Waals surface area contributed by atoms with Gasteiger partial charge in [0, 0.05) is 24.1 Å². The first kappa shape index (κ1) is 18.5. The van der Waals surface area contributed by atoms with E-state index < -0.39 is 0 Å².